The van der Waals surface area contributed by atoms with Crippen LogP contribution in [0, 0.1) is 0 Å². The van der Waals surface area contributed by atoms with E-state index in [1.54, 1.807) is 38.3 Å². The monoisotopic (exact) mass is 246 g/mol. The van der Waals surface area contributed by atoms with Gasteiger partial charge in [-0.25, -0.2) is 4.39 Å². The molecule has 0 saturated carbocycles. The smallest absolute Gasteiger partial charge is 0.142 e. The van der Waals surface area contributed by atoms with Gasteiger partial charge in [-0.1, -0.05) is 28.1 Å². The number of hydrogen-bond acceptors (Lipinski definition) is 1. The molecule has 1 atom stereocenters. The minimum atomic E-state index is -1.31. The zero-order valence-corrected chi connectivity index (χ0v) is 9.27. The van der Waals surface area contributed by atoms with Crippen LogP contribution in [0.1, 0.15) is 12.5 Å². The predicted octanol–water partition coefficient (Wildman–Crippen LogP) is 3.27. The topological polar surface area (TPSA) is 9.23 Å². The predicted molar refractivity (Wildman–Crippen MR) is 55.2 cm³/mol. The van der Waals surface area contributed by atoms with Gasteiger partial charge < -0.3 is 4.74 Å². The van der Waals surface area contributed by atoms with Crippen LogP contribution in [0.5, 0.6) is 5.75 Å². The second-order valence-electron chi connectivity index (χ2n) is 3.06. The van der Waals surface area contributed by atoms with Gasteiger partial charge in [-0.05, 0) is 24.6 Å². The van der Waals surface area contributed by atoms with E-state index in [1.165, 1.54) is 0 Å². The molecular weight excluding hydrogens is 235 g/mol. The highest BCUT2D eigenvalue weighted by Gasteiger charge is 2.23. The van der Waals surface area contributed by atoms with Crippen molar-refractivity contribution in [3.05, 3.63) is 29.8 Å². The molecule has 0 N–H and O–H groups in total. The molecule has 0 radical (unpaired) electrons. The standard InChI is InChI=1S/C10H12BrFO/c1-10(12,7-11)8-3-5-9(13-2)6-4-8/h3-6H,7H2,1-2H3. The van der Waals surface area contributed by atoms with Gasteiger partial charge in [-0.15, -0.1) is 0 Å². The van der Waals surface area contributed by atoms with Crippen molar-refractivity contribution in [2.45, 2.75) is 12.6 Å². The fourth-order valence-electron chi connectivity index (χ4n) is 1.02. The number of ether oxygens (including phenoxy) is 1. The number of methoxy groups -OCH3 is 1. The van der Waals surface area contributed by atoms with Gasteiger partial charge in [0.15, 0.2) is 0 Å². The highest BCUT2D eigenvalue weighted by molar-refractivity contribution is 9.09. The van der Waals surface area contributed by atoms with E-state index in [2.05, 4.69) is 15.9 Å². The van der Waals surface area contributed by atoms with Crippen LogP contribution in [0.15, 0.2) is 24.3 Å². The third kappa shape index (κ3) is 2.44. The number of alkyl halides is 2. The van der Waals surface area contributed by atoms with Gasteiger partial charge in [0.1, 0.15) is 11.4 Å². The molecule has 1 aromatic rings. The van der Waals surface area contributed by atoms with Crippen LogP contribution >= 0.6 is 15.9 Å². The number of benzene rings is 1. The lowest BCUT2D eigenvalue weighted by Crippen LogP contribution is -2.16. The molecule has 0 aliphatic heterocycles. The Morgan fingerprint density at radius 1 is 1.38 bits per heavy atom. The van der Waals surface area contributed by atoms with Crippen LogP contribution in [-0.4, -0.2) is 12.4 Å². The molecule has 1 rings (SSSR count). The Bertz CT molecular complexity index is 269. The van der Waals surface area contributed by atoms with Gasteiger partial charge in [-0.2, -0.15) is 0 Å². The molecule has 0 fully saturated rings. The summed E-state index contributed by atoms with van der Waals surface area (Å²) in [5.74, 6) is 0.745. The van der Waals surface area contributed by atoms with Crippen molar-refractivity contribution in [1.29, 1.82) is 0 Å². The third-order valence-electron chi connectivity index (χ3n) is 1.94. The van der Waals surface area contributed by atoms with E-state index in [0.29, 0.717) is 10.9 Å². The van der Waals surface area contributed by atoms with Crippen LogP contribution in [0.3, 0.4) is 0 Å². The number of halogens is 2. The summed E-state index contributed by atoms with van der Waals surface area (Å²) in [5, 5.41) is 0.298. The summed E-state index contributed by atoms with van der Waals surface area (Å²) in [6, 6.07) is 6.99. The molecule has 1 aromatic carbocycles. The molecule has 0 aliphatic rings. The molecule has 0 bridgehead atoms. The lowest BCUT2D eigenvalue weighted by Gasteiger charge is -2.17. The minimum absolute atomic E-state index is 0.298. The molecular formula is C10H12BrFO. The van der Waals surface area contributed by atoms with Crippen LogP contribution in [0.25, 0.3) is 0 Å². The SMILES string of the molecule is COc1ccc(C(C)(F)CBr)cc1. The van der Waals surface area contributed by atoms with E-state index in [4.69, 9.17) is 4.74 Å². The first-order valence-corrected chi connectivity index (χ1v) is 5.12. The van der Waals surface area contributed by atoms with E-state index in [1.807, 2.05) is 0 Å². The lowest BCUT2D eigenvalue weighted by atomic mass is 10.0. The largest absolute Gasteiger partial charge is 0.497 e. The van der Waals surface area contributed by atoms with Crippen molar-refractivity contribution >= 4 is 15.9 Å². The summed E-state index contributed by atoms with van der Waals surface area (Å²) in [6.07, 6.45) is 0. The van der Waals surface area contributed by atoms with Crippen molar-refractivity contribution < 1.29 is 9.13 Å². The van der Waals surface area contributed by atoms with Gasteiger partial charge in [-0.3, -0.25) is 0 Å². The molecule has 3 heteroatoms. The van der Waals surface area contributed by atoms with Crippen LogP contribution in [0.2, 0.25) is 0 Å². The van der Waals surface area contributed by atoms with Gasteiger partial charge in [0.05, 0.1) is 7.11 Å². The highest BCUT2D eigenvalue weighted by atomic mass is 79.9. The van der Waals surface area contributed by atoms with Crippen molar-refractivity contribution in [3.63, 3.8) is 0 Å². The first-order chi connectivity index (χ1) is 6.10. The lowest BCUT2D eigenvalue weighted by molar-refractivity contribution is 0.230. The zero-order valence-electron chi connectivity index (χ0n) is 7.68. The highest BCUT2D eigenvalue weighted by Crippen LogP contribution is 2.28. The molecule has 0 amide bonds. The summed E-state index contributed by atoms with van der Waals surface area (Å²) < 4.78 is 18.7. The molecule has 0 aromatic heterocycles. The molecule has 0 spiro atoms. The van der Waals surface area contributed by atoms with Gasteiger partial charge >= 0.3 is 0 Å². The molecule has 0 aliphatic carbocycles. The van der Waals surface area contributed by atoms with Crippen molar-refractivity contribution in [2.24, 2.45) is 0 Å². The fourth-order valence-corrected chi connectivity index (χ4v) is 1.34. The van der Waals surface area contributed by atoms with Crippen molar-refractivity contribution in [3.8, 4) is 5.75 Å². The minimum Gasteiger partial charge on any atom is -0.497 e. The van der Waals surface area contributed by atoms with Crippen LogP contribution in [0.4, 0.5) is 4.39 Å². The Balaban J connectivity index is 2.92. The molecule has 1 unspecified atom stereocenters. The average Bonchev–Trinajstić information content (AvgIpc) is 2.18. The molecule has 0 saturated heterocycles. The van der Waals surface area contributed by atoms with Gasteiger partial charge in [0.2, 0.25) is 0 Å². The Labute approximate surface area is 86.0 Å². The number of rotatable bonds is 3. The normalized spacial score (nSPS) is 15.1. The quantitative estimate of drug-likeness (QED) is 0.745. The van der Waals surface area contributed by atoms with Crippen LogP contribution < -0.4 is 4.74 Å². The summed E-state index contributed by atoms with van der Waals surface area (Å²) in [4.78, 5) is 0. The zero-order chi connectivity index (χ0) is 9.90. The van der Waals surface area contributed by atoms with E-state index in [9.17, 15) is 4.39 Å². The Kier molecular flexibility index (Phi) is 3.31. The summed E-state index contributed by atoms with van der Waals surface area (Å²) >= 11 is 3.14. The van der Waals surface area contributed by atoms with Crippen molar-refractivity contribution in [2.75, 3.05) is 12.4 Å². The second kappa shape index (κ2) is 4.09. The van der Waals surface area contributed by atoms with E-state index >= 15 is 0 Å². The molecule has 1 nitrogen and oxygen atoms in total. The molecule has 0 heterocycles. The fraction of sp³-hybridized carbons (Fsp3) is 0.400. The Morgan fingerprint density at radius 3 is 2.31 bits per heavy atom. The Hall–Kier alpha value is -0.570. The van der Waals surface area contributed by atoms with Crippen molar-refractivity contribution in [1.82, 2.24) is 0 Å². The van der Waals surface area contributed by atoms with E-state index in [-0.39, 0.29) is 0 Å². The van der Waals surface area contributed by atoms with E-state index < -0.39 is 5.67 Å². The first-order valence-electron chi connectivity index (χ1n) is 3.99. The third-order valence-corrected chi connectivity index (χ3v) is 3.00. The summed E-state index contributed by atoms with van der Waals surface area (Å²) in [5.41, 5.74) is -0.656. The van der Waals surface area contributed by atoms with Gasteiger partial charge in [0, 0.05) is 5.33 Å². The second-order valence-corrected chi connectivity index (χ2v) is 3.62. The number of hydrogen-bond donors (Lipinski definition) is 0. The maximum absolute atomic E-state index is 13.7. The Morgan fingerprint density at radius 2 is 1.92 bits per heavy atom. The maximum atomic E-state index is 13.7. The van der Waals surface area contributed by atoms with Gasteiger partial charge in [0.25, 0.3) is 0 Å². The summed E-state index contributed by atoms with van der Waals surface area (Å²) in [6.45, 7) is 1.55. The van der Waals surface area contributed by atoms with Crippen LogP contribution in [-0.2, 0) is 5.67 Å². The van der Waals surface area contributed by atoms with E-state index in [0.717, 1.165) is 5.75 Å². The molecule has 72 valence electrons. The first kappa shape index (κ1) is 10.5. The molecule has 13 heavy (non-hydrogen) atoms. The average molecular weight is 247 g/mol. The summed E-state index contributed by atoms with van der Waals surface area (Å²) in [7, 11) is 1.59. The maximum Gasteiger partial charge on any atom is 0.142 e.